The summed E-state index contributed by atoms with van der Waals surface area (Å²) in [6.45, 7) is 4.59. The van der Waals surface area contributed by atoms with E-state index in [2.05, 4.69) is 105 Å². The molecule has 2 aromatic heterocycles. The fourth-order valence-corrected chi connectivity index (χ4v) is 6.87. The van der Waals surface area contributed by atoms with Crippen LogP contribution in [0.1, 0.15) is 25.0 Å². The topological polar surface area (TPSA) is 51.8 Å². The summed E-state index contributed by atoms with van der Waals surface area (Å²) in [5.41, 5.74) is 9.74. The molecule has 0 aliphatic heterocycles. The summed E-state index contributed by atoms with van der Waals surface area (Å²) in [5.74, 6) is 1.93. The predicted octanol–water partition coefficient (Wildman–Crippen LogP) is 10.2. The van der Waals surface area contributed by atoms with Gasteiger partial charge in [-0.2, -0.15) is 0 Å². The van der Waals surface area contributed by atoms with Crippen LogP contribution in [0.15, 0.2) is 132 Å². The van der Waals surface area contributed by atoms with Crippen molar-refractivity contribution in [1.29, 1.82) is 0 Å². The van der Waals surface area contributed by atoms with Crippen LogP contribution in [0.3, 0.4) is 0 Å². The quantitative estimate of drug-likeness (QED) is 0.214. The second-order valence-electron chi connectivity index (χ2n) is 12.1. The van der Waals surface area contributed by atoms with Gasteiger partial charge in [0.2, 0.25) is 0 Å². The van der Waals surface area contributed by atoms with Gasteiger partial charge < -0.3 is 4.42 Å². The summed E-state index contributed by atoms with van der Waals surface area (Å²) < 4.78 is 6.44. The van der Waals surface area contributed by atoms with E-state index in [4.69, 9.17) is 19.4 Å². The van der Waals surface area contributed by atoms with Crippen molar-refractivity contribution in [2.75, 3.05) is 0 Å². The highest BCUT2D eigenvalue weighted by Gasteiger charge is 2.36. The van der Waals surface area contributed by atoms with Crippen LogP contribution < -0.4 is 0 Å². The zero-order valence-corrected chi connectivity index (χ0v) is 24.4. The lowest BCUT2D eigenvalue weighted by molar-refractivity contribution is 0.647. The van der Waals surface area contributed by atoms with Crippen LogP contribution in [0.4, 0.5) is 0 Å². The lowest BCUT2D eigenvalue weighted by Crippen LogP contribution is -2.14. The Kier molecular flexibility index (Phi) is 5.21. The number of nitrogens with zero attached hydrogens (tertiary/aromatic N) is 3. The van der Waals surface area contributed by atoms with Gasteiger partial charge in [-0.25, -0.2) is 15.0 Å². The van der Waals surface area contributed by atoms with Gasteiger partial charge in [-0.15, -0.1) is 0 Å². The van der Waals surface area contributed by atoms with Crippen molar-refractivity contribution in [2.45, 2.75) is 19.3 Å². The van der Waals surface area contributed by atoms with Gasteiger partial charge in [0.25, 0.3) is 0 Å². The first-order chi connectivity index (χ1) is 21.5. The minimum Gasteiger partial charge on any atom is -0.456 e. The molecular weight excluding hydrogens is 538 g/mol. The maximum Gasteiger partial charge on any atom is 0.164 e. The number of aromatic nitrogens is 3. The van der Waals surface area contributed by atoms with Gasteiger partial charge in [0.05, 0.1) is 0 Å². The van der Waals surface area contributed by atoms with Gasteiger partial charge in [-0.05, 0) is 63.4 Å². The fourth-order valence-electron chi connectivity index (χ4n) is 6.87. The Bertz CT molecular complexity index is 2420. The number of furan rings is 1. The van der Waals surface area contributed by atoms with Crippen molar-refractivity contribution in [3.05, 3.63) is 139 Å². The molecule has 0 unspecified atom stereocenters. The third-order valence-electron chi connectivity index (χ3n) is 9.13. The predicted molar refractivity (Wildman–Crippen MR) is 178 cm³/mol. The highest BCUT2D eigenvalue weighted by molar-refractivity contribution is 6.09. The standard InChI is InChI=1S/C40H27N3O/c1-40(2)33-18-9-8-16-28(33)30-22-32-31-21-26(19-20-35(31)44-36(32)23-34(30)40)38-41-37(25-12-4-3-5-13-25)42-39(43-38)29-17-10-14-24-11-6-7-15-27(24)29/h3-23H,1-2H3. The molecule has 8 aromatic rings. The molecule has 9 rings (SSSR count). The number of rotatable bonds is 3. The summed E-state index contributed by atoms with van der Waals surface area (Å²) in [7, 11) is 0. The van der Waals surface area contributed by atoms with Gasteiger partial charge in [0.15, 0.2) is 17.5 Å². The zero-order chi connectivity index (χ0) is 29.4. The Morgan fingerprint density at radius 1 is 0.455 bits per heavy atom. The van der Waals surface area contributed by atoms with E-state index in [0.717, 1.165) is 49.4 Å². The molecule has 0 saturated heterocycles. The normalized spacial score (nSPS) is 13.4. The van der Waals surface area contributed by atoms with Crippen LogP contribution >= 0.6 is 0 Å². The summed E-state index contributed by atoms with van der Waals surface area (Å²) in [6.07, 6.45) is 0. The van der Waals surface area contributed by atoms with E-state index < -0.39 is 0 Å². The molecule has 0 spiro atoms. The second-order valence-corrected chi connectivity index (χ2v) is 12.1. The van der Waals surface area contributed by atoms with E-state index in [0.29, 0.717) is 17.5 Å². The zero-order valence-electron chi connectivity index (χ0n) is 24.4. The van der Waals surface area contributed by atoms with Gasteiger partial charge >= 0.3 is 0 Å². The second kappa shape index (κ2) is 9.19. The van der Waals surface area contributed by atoms with Gasteiger partial charge in [0, 0.05) is 32.9 Å². The fraction of sp³-hybridized carbons (Fsp3) is 0.0750. The summed E-state index contributed by atoms with van der Waals surface area (Å²) in [4.78, 5) is 15.1. The summed E-state index contributed by atoms with van der Waals surface area (Å²) in [5, 5.41) is 4.41. The molecule has 6 aromatic carbocycles. The third-order valence-corrected chi connectivity index (χ3v) is 9.13. The summed E-state index contributed by atoms with van der Waals surface area (Å²) in [6, 6.07) is 44.2. The first kappa shape index (κ1) is 24.9. The number of benzene rings is 6. The van der Waals surface area contributed by atoms with Crippen molar-refractivity contribution in [2.24, 2.45) is 0 Å². The molecule has 1 aliphatic carbocycles. The molecule has 4 heteroatoms. The molecule has 0 saturated carbocycles. The molecule has 1 aliphatic rings. The van der Waals surface area contributed by atoms with E-state index in [1.807, 2.05) is 36.4 Å². The van der Waals surface area contributed by atoms with E-state index in [1.54, 1.807) is 0 Å². The molecule has 0 fully saturated rings. The Hall–Kier alpha value is -5.61. The minimum atomic E-state index is -0.0824. The smallest absolute Gasteiger partial charge is 0.164 e. The molecule has 0 bridgehead atoms. The Morgan fingerprint density at radius 2 is 1.14 bits per heavy atom. The van der Waals surface area contributed by atoms with E-state index >= 15 is 0 Å². The molecular formula is C40H27N3O. The van der Waals surface area contributed by atoms with Gasteiger partial charge in [-0.1, -0.05) is 111 Å². The van der Waals surface area contributed by atoms with Crippen molar-refractivity contribution >= 4 is 32.7 Å². The lowest BCUT2D eigenvalue weighted by Gasteiger charge is -2.21. The Morgan fingerprint density at radius 3 is 2.02 bits per heavy atom. The number of fused-ring (bicyclic) bond motifs is 7. The SMILES string of the molecule is CC1(C)c2ccccc2-c2cc3c(cc21)oc1ccc(-c2nc(-c4ccccc4)nc(-c4cccc5ccccc45)n2)cc13. The Balaban J connectivity index is 1.26. The molecule has 2 heterocycles. The van der Waals surface area contributed by atoms with Crippen LogP contribution in [-0.2, 0) is 5.41 Å². The van der Waals surface area contributed by atoms with Crippen LogP contribution in [0, 0.1) is 0 Å². The first-order valence-electron chi connectivity index (χ1n) is 15.0. The van der Waals surface area contributed by atoms with Gasteiger partial charge in [-0.3, -0.25) is 0 Å². The minimum absolute atomic E-state index is 0.0824. The number of hydrogen-bond acceptors (Lipinski definition) is 4. The van der Waals surface area contributed by atoms with Crippen LogP contribution in [0.5, 0.6) is 0 Å². The number of hydrogen-bond donors (Lipinski definition) is 0. The molecule has 0 atom stereocenters. The van der Waals surface area contributed by atoms with E-state index in [-0.39, 0.29) is 5.41 Å². The highest BCUT2D eigenvalue weighted by Crippen LogP contribution is 2.50. The molecule has 44 heavy (non-hydrogen) atoms. The van der Waals surface area contributed by atoms with Crippen LogP contribution in [-0.4, -0.2) is 15.0 Å². The first-order valence-corrected chi connectivity index (χ1v) is 15.0. The third kappa shape index (κ3) is 3.67. The van der Waals surface area contributed by atoms with Crippen molar-refractivity contribution < 1.29 is 4.42 Å². The van der Waals surface area contributed by atoms with E-state index in [9.17, 15) is 0 Å². The molecule has 0 N–H and O–H groups in total. The van der Waals surface area contributed by atoms with Crippen LogP contribution in [0.25, 0.3) is 78.0 Å². The Labute approximate surface area is 254 Å². The highest BCUT2D eigenvalue weighted by atomic mass is 16.3. The maximum atomic E-state index is 6.44. The van der Waals surface area contributed by atoms with Crippen molar-refractivity contribution in [3.8, 4) is 45.3 Å². The average Bonchev–Trinajstić information content (AvgIpc) is 3.54. The monoisotopic (exact) mass is 565 g/mol. The maximum absolute atomic E-state index is 6.44. The molecule has 0 amide bonds. The largest absolute Gasteiger partial charge is 0.456 e. The van der Waals surface area contributed by atoms with Crippen molar-refractivity contribution in [1.82, 2.24) is 15.0 Å². The lowest BCUT2D eigenvalue weighted by atomic mass is 9.82. The van der Waals surface area contributed by atoms with Crippen LogP contribution in [0.2, 0.25) is 0 Å². The summed E-state index contributed by atoms with van der Waals surface area (Å²) >= 11 is 0. The average molecular weight is 566 g/mol. The van der Waals surface area contributed by atoms with Gasteiger partial charge in [0.1, 0.15) is 11.2 Å². The van der Waals surface area contributed by atoms with Crippen molar-refractivity contribution in [3.63, 3.8) is 0 Å². The molecule has 0 radical (unpaired) electrons. The molecule has 4 nitrogen and oxygen atoms in total. The van der Waals surface area contributed by atoms with E-state index in [1.165, 1.54) is 22.3 Å². The molecule has 208 valence electrons.